The van der Waals surface area contributed by atoms with Crippen molar-refractivity contribution in [2.45, 2.75) is 19.4 Å². The molecule has 1 aromatic rings. The molecule has 0 aliphatic heterocycles. The normalized spacial score (nSPS) is 13.2. The molecule has 1 N–H and O–H groups in total. The minimum absolute atomic E-state index is 0.202. The number of para-hydroxylation sites is 1. The van der Waals surface area contributed by atoms with E-state index >= 15 is 0 Å². The summed E-state index contributed by atoms with van der Waals surface area (Å²) in [6.45, 7) is 4.63. The molecule has 0 aliphatic carbocycles. The summed E-state index contributed by atoms with van der Waals surface area (Å²) in [5.41, 5.74) is -0.749. The van der Waals surface area contributed by atoms with Gasteiger partial charge >= 0.3 is 0 Å². The number of likely N-dealkylation sites (N-methyl/N-ethyl adjacent to an activating group) is 1. The van der Waals surface area contributed by atoms with Gasteiger partial charge in [-0.3, -0.25) is 5.32 Å². The Hall–Kier alpha value is -1.93. The summed E-state index contributed by atoms with van der Waals surface area (Å²) >= 11 is 0. The molecular weight excluding hydrogens is 244 g/mol. The van der Waals surface area contributed by atoms with Gasteiger partial charge in [0.25, 0.3) is 0 Å². The van der Waals surface area contributed by atoms with Gasteiger partial charge in [0.05, 0.1) is 20.3 Å². The van der Waals surface area contributed by atoms with Gasteiger partial charge < -0.3 is 14.2 Å². The number of ether oxygens (including phenoxy) is 3. The van der Waals surface area contributed by atoms with Gasteiger partial charge in [-0.25, -0.2) is 0 Å². The molecule has 0 heterocycles. The van der Waals surface area contributed by atoms with Gasteiger partial charge in [0.1, 0.15) is 12.1 Å². The van der Waals surface area contributed by atoms with Crippen molar-refractivity contribution in [2.75, 3.05) is 27.4 Å². The van der Waals surface area contributed by atoms with E-state index in [0.29, 0.717) is 23.8 Å². The first-order valence-corrected chi connectivity index (χ1v) is 6.10. The largest absolute Gasteiger partial charge is 0.493 e. The number of benzene rings is 1. The van der Waals surface area contributed by atoms with Crippen molar-refractivity contribution in [1.29, 1.82) is 5.26 Å². The molecule has 0 fully saturated rings. The fourth-order valence-electron chi connectivity index (χ4n) is 1.69. The van der Waals surface area contributed by atoms with Crippen molar-refractivity contribution in [3.05, 3.63) is 18.2 Å². The molecule has 1 atom stereocenters. The van der Waals surface area contributed by atoms with Gasteiger partial charge in [0.2, 0.25) is 5.75 Å². The summed E-state index contributed by atoms with van der Waals surface area (Å²) < 4.78 is 16.2. The molecular formula is C14H20N2O3. The van der Waals surface area contributed by atoms with Crippen LogP contribution in [0.1, 0.15) is 13.8 Å². The molecule has 1 aromatic carbocycles. The maximum Gasteiger partial charge on any atom is 0.203 e. The van der Waals surface area contributed by atoms with Crippen LogP contribution in [-0.4, -0.2) is 32.9 Å². The van der Waals surface area contributed by atoms with Crippen molar-refractivity contribution in [3.63, 3.8) is 0 Å². The summed E-state index contributed by atoms with van der Waals surface area (Å²) in [6, 6.07) is 7.60. The maximum absolute atomic E-state index is 9.19. The predicted octanol–water partition coefficient (Wildman–Crippen LogP) is 1.97. The number of hydrogen-bond donors (Lipinski definition) is 1. The monoisotopic (exact) mass is 264 g/mol. The molecule has 0 spiro atoms. The third-order valence-electron chi connectivity index (χ3n) is 2.70. The Morgan fingerprint density at radius 1 is 1.26 bits per heavy atom. The van der Waals surface area contributed by atoms with Crippen LogP contribution in [0.4, 0.5) is 0 Å². The zero-order valence-electron chi connectivity index (χ0n) is 11.8. The first-order valence-electron chi connectivity index (χ1n) is 6.10. The summed E-state index contributed by atoms with van der Waals surface area (Å²) in [6.07, 6.45) is 0. The predicted molar refractivity (Wildman–Crippen MR) is 72.7 cm³/mol. The molecule has 19 heavy (non-hydrogen) atoms. The lowest BCUT2D eigenvalue weighted by molar-refractivity contribution is 0.218. The van der Waals surface area contributed by atoms with E-state index in [0.717, 1.165) is 0 Å². The number of methoxy groups -OCH3 is 2. The molecule has 0 aliphatic rings. The highest BCUT2D eigenvalue weighted by atomic mass is 16.5. The van der Waals surface area contributed by atoms with Crippen LogP contribution in [0.5, 0.6) is 17.2 Å². The summed E-state index contributed by atoms with van der Waals surface area (Å²) in [4.78, 5) is 0. The molecule has 0 saturated heterocycles. The Balaban J connectivity index is 2.90. The molecule has 1 rings (SSSR count). The third-order valence-corrected chi connectivity index (χ3v) is 2.70. The molecule has 0 radical (unpaired) electrons. The molecule has 0 bridgehead atoms. The third kappa shape index (κ3) is 3.76. The quantitative estimate of drug-likeness (QED) is 0.815. The van der Waals surface area contributed by atoms with Crippen LogP contribution in [0.2, 0.25) is 0 Å². The van der Waals surface area contributed by atoms with E-state index < -0.39 is 5.54 Å². The maximum atomic E-state index is 9.19. The molecule has 5 heteroatoms. The number of nitrogens with one attached hydrogen (secondary N) is 1. The Kier molecular flexibility index (Phi) is 5.46. The smallest absolute Gasteiger partial charge is 0.203 e. The van der Waals surface area contributed by atoms with Gasteiger partial charge in [0.15, 0.2) is 11.5 Å². The summed E-state index contributed by atoms with van der Waals surface area (Å²) in [5, 5.41) is 12.3. The fourth-order valence-corrected chi connectivity index (χ4v) is 1.69. The van der Waals surface area contributed by atoms with Gasteiger partial charge in [-0.15, -0.1) is 0 Å². The van der Waals surface area contributed by atoms with Crippen LogP contribution in [-0.2, 0) is 0 Å². The highest BCUT2D eigenvalue weighted by molar-refractivity contribution is 5.51. The first kappa shape index (κ1) is 15.1. The van der Waals surface area contributed by atoms with Crippen molar-refractivity contribution < 1.29 is 14.2 Å². The topological polar surface area (TPSA) is 63.5 Å². The van der Waals surface area contributed by atoms with E-state index in [1.165, 1.54) is 0 Å². The van der Waals surface area contributed by atoms with E-state index in [2.05, 4.69) is 11.4 Å². The van der Waals surface area contributed by atoms with Crippen LogP contribution >= 0.6 is 0 Å². The number of nitrogens with zero attached hydrogens (tertiary/aromatic N) is 1. The zero-order chi connectivity index (χ0) is 14.3. The van der Waals surface area contributed by atoms with Crippen molar-refractivity contribution in [1.82, 2.24) is 5.32 Å². The Morgan fingerprint density at radius 2 is 1.84 bits per heavy atom. The van der Waals surface area contributed by atoms with E-state index in [-0.39, 0.29) is 6.61 Å². The summed E-state index contributed by atoms with van der Waals surface area (Å²) in [7, 11) is 3.13. The zero-order valence-corrected chi connectivity index (χ0v) is 11.8. The van der Waals surface area contributed by atoms with Gasteiger partial charge in [-0.2, -0.15) is 5.26 Å². The molecule has 0 saturated carbocycles. The lowest BCUT2D eigenvalue weighted by atomic mass is 10.1. The number of hydrogen-bond acceptors (Lipinski definition) is 5. The van der Waals surface area contributed by atoms with Gasteiger partial charge in [-0.05, 0) is 25.6 Å². The second-order valence-electron chi connectivity index (χ2n) is 4.25. The summed E-state index contributed by atoms with van der Waals surface area (Å²) in [5.74, 6) is 1.67. The molecule has 104 valence electrons. The van der Waals surface area contributed by atoms with Crippen molar-refractivity contribution in [3.8, 4) is 23.3 Å². The highest BCUT2D eigenvalue weighted by Crippen LogP contribution is 2.37. The van der Waals surface area contributed by atoms with E-state index in [1.807, 2.05) is 13.0 Å². The van der Waals surface area contributed by atoms with Gasteiger partial charge in [0, 0.05) is 0 Å². The van der Waals surface area contributed by atoms with E-state index in [9.17, 15) is 5.26 Å². The van der Waals surface area contributed by atoms with E-state index in [1.54, 1.807) is 33.3 Å². The lowest BCUT2D eigenvalue weighted by Crippen LogP contribution is -2.46. The average Bonchev–Trinajstić information content (AvgIpc) is 2.44. The van der Waals surface area contributed by atoms with Gasteiger partial charge in [-0.1, -0.05) is 13.0 Å². The lowest BCUT2D eigenvalue weighted by Gasteiger charge is -2.23. The minimum atomic E-state index is -0.749. The Labute approximate surface area is 114 Å². The van der Waals surface area contributed by atoms with Crippen molar-refractivity contribution >= 4 is 0 Å². The first-order chi connectivity index (χ1) is 9.10. The van der Waals surface area contributed by atoms with Crippen LogP contribution in [0.3, 0.4) is 0 Å². The molecule has 0 aromatic heterocycles. The number of rotatable bonds is 7. The standard InChI is InChI=1S/C14H20N2O3/c1-5-16-14(2,9-15)10-19-13-11(17-3)7-6-8-12(13)18-4/h6-8,16H,5,10H2,1-4H3. The van der Waals surface area contributed by atoms with Crippen LogP contribution < -0.4 is 19.5 Å². The molecule has 1 unspecified atom stereocenters. The van der Waals surface area contributed by atoms with E-state index in [4.69, 9.17) is 14.2 Å². The molecule has 5 nitrogen and oxygen atoms in total. The Morgan fingerprint density at radius 3 is 2.26 bits per heavy atom. The highest BCUT2D eigenvalue weighted by Gasteiger charge is 2.25. The second kappa shape index (κ2) is 6.86. The second-order valence-corrected chi connectivity index (χ2v) is 4.25. The van der Waals surface area contributed by atoms with Crippen LogP contribution in [0.15, 0.2) is 18.2 Å². The molecule has 0 amide bonds. The average molecular weight is 264 g/mol. The van der Waals surface area contributed by atoms with Crippen LogP contribution in [0, 0.1) is 11.3 Å². The Bertz CT molecular complexity index is 434. The van der Waals surface area contributed by atoms with Crippen LogP contribution in [0.25, 0.3) is 0 Å². The fraction of sp³-hybridized carbons (Fsp3) is 0.500. The number of nitriles is 1. The minimum Gasteiger partial charge on any atom is -0.493 e. The SMILES string of the molecule is CCNC(C)(C#N)COc1c(OC)cccc1OC. The van der Waals surface area contributed by atoms with Crippen molar-refractivity contribution in [2.24, 2.45) is 0 Å².